The van der Waals surface area contributed by atoms with E-state index >= 15 is 0 Å². The lowest BCUT2D eigenvalue weighted by Crippen LogP contribution is -2.19. The van der Waals surface area contributed by atoms with Crippen LogP contribution in [0.1, 0.15) is 24.1 Å². The smallest absolute Gasteiger partial charge is 0.161 e. The predicted octanol–water partition coefficient (Wildman–Crippen LogP) is 2.65. The van der Waals surface area contributed by atoms with Crippen LogP contribution < -0.4 is 14.8 Å². The molecule has 0 amide bonds. The molecule has 106 valence electrons. The molecule has 4 nitrogen and oxygen atoms in total. The first kappa shape index (κ1) is 13.1. The Kier molecular flexibility index (Phi) is 3.65. The minimum Gasteiger partial charge on any atom is -0.486 e. The van der Waals surface area contributed by atoms with E-state index in [1.165, 1.54) is 11.1 Å². The fourth-order valence-electron chi connectivity index (χ4n) is 2.38. The quantitative estimate of drug-likeness (QED) is 0.929. The summed E-state index contributed by atoms with van der Waals surface area (Å²) < 4.78 is 13.2. The van der Waals surface area contributed by atoms with Crippen molar-refractivity contribution in [1.29, 1.82) is 0 Å². The normalized spacial score (nSPS) is 15.1. The van der Waals surface area contributed by atoms with E-state index in [0.29, 0.717) is 13.2 Å². The number of aryl methyl sites for hydroxylation is 1. The Balaban J connectivity index is 1.66. The molecule has 0 aliphatic carbocycles. The summed E-state index contributed by atoms with van der Waals surface area (Å²) in [4.78, 5) is 0. The Bertz CT molecular complexity index is 592. The first-order chi connectivity index (χ1) is 9.72. The van der Waals surface area contributed by atoms with Gasteiger partial charge in [0.25, 0.3) is 0 Å². The van der Waals surface area contributed by atoms with Crippen LogP contribution in [0.15, 0.2) is 36.7 Å². The third-order valence-electron chi connectivity index (χ3n) is 3.57. The van der Waals surface area contributed by atoms with E-state index in [9.17, 15) is 0 Å². The van der Waals surface area contributed by atoms with E-state index in [1.807, 2.05) is 13.1 Å². The van der Waals surface area contributed by atoms with Crippen molar-refractivity contribution < 1.29 is 9.47 Å². The van der Waals surface area contributed by atoms with Crippen LogP contribution in [-0.4, -0.2) is 17.8 Å². The van der Waals surface area contributed by atoms with Gasteiger partial charge in [0.05, 0.1) is 0 Å². The van der Waals surface area contributed by atoms with Gasteiger partial charge in [0.1, 0.15) is 13.2 Å². The van der Waals surface area contributed by atoms with Crippen LogP contribution in [0.5, 0.6) is 11.5 Å². The summed E-state index contributed by atoms with van der Waals surface area (Å²) in [5, 5.41) is 3.53. The molecule has 1 aromatic heterocycles. The highest BCUT2D eigenvalue weighted by Gasteiger charge is 2.14. The molecule has 1 aromatic carbocycles. The minimum absolute atomic E-state index is 0.269. The molecule has 0 radical (unpaired) electrons. The monoisotopic (exact) mass is 272 g/mol. The number of nitrogens with zero attached hydrogens (tertiary/aromatic N) is 1. The maximum absolute atomic E-state index is 5.62. The van der Waals surface area contributed by atoms with Crippen LogP contribution >= 0.6 is 0 Å². The molecule has 3 rings (SSSR count). The number of benzene rings is 1. The number of rotatable bonds is 4. The molecule has 0 spiro atoms. The molecular weight excluding hydrogens is 252 g/mol. The van der Waals surface area contributed by atoms with Crippen molar-refractivity contribution in [2.24, 2.45) is 7.05 Å². The van der Waals surface area contributed by atoms with Crippen molar-refractivity contribution in [2.75, 3.05) is 13.2 Å². The third-order valence-corrected chi connectivity index (χ3v) is 3.57. The summed E-state index contributed by atoms with van der Waals surface area (Å²) in [5.41, 5.74) is 2.50. The molecule has 2 aromatic rings. The molecule has 1 N–H and O–H groups in total. The van der Waals surface area contributed by atoms with E-state index in [-0.39, 0.29) is 6.04 Å². The Hall–Kier alpha value is -1.94. The number of aromatic nitrogens is 1. The predicted molar refractivity (Wildman–Crippen MR) is 78.1 cm³/mol. The average molecular weight is 272 g/mol. The molecule has 0 fully saturated rings. The van der Waals surface area contributed by atoms with Crippen molar-refractivity contribution in [3.05, 3.63) is 47.8 Å². The maximum atomic E-state index is 5.62. The van der Waals surface area contributed by atoms with E-state index in [2.05, 4.69) is 47.4 Å². The van der Waals surface area contributed by atoms with Gasteiger partial charge >= 0.3 is 0 Å². The first-order valence-electron chi connectivity index (χ1n) is 6.96. The number of fused-ring (bicyclic) bond motifs is 1. The second kappa shape index (κ2) is 5.59. The first-order valence-corrected chi connectivity index (χ1v) is 6.96. The van der Waals surface area contributed by atoms with Crippen molar-refractivity contribution in [3.8, 4) is 11.5 Å². The van der Waals surface area contributed by atoms with Gasteiger partial charge in [0, 0.05) is 32.0 Å². The molecule has 2 heterocycles. The lowest BCUT2D eigenvalue weighted by Gasteiger charge is -2.21. The maximum Gasteiger partial charge on any atom is 0.161 e. The molecule has 0 saturated heterocycles. The van der Waals surface area contributed by atoms with Gasteiger partial charge in [0.15, 0.2) is 11.5 Å². The average Bonchev–Trinajstić information content (AvgIpc) is 2.90. The number of ether oxygens (including phenoxy) is 2. The van der Waals surface area contributed by atoms with E-state index in [0.717, 1.165) is 18.0 Å². The van der Waals surface area contributed by atoms with Gasteiger partial charge < -0.3 is 19.4 Å². The highest BCUT2D eigenvalue weighted by molar-refractivity contribution is 5.44. The van der Waals surface area contributed by atoms with Gasteiger partial charge in [-0.15, -0.1) is 0 Å². The van der Waals surface area contributed by atoms with E-state index in [1.54, 1.807) is 0 Å². The molecule has 0 bridgehead atoms. The second-order valence-electron chi connectivity index (χ2n) is 5.19. The molecule has 0 saturated carbocycles. The largest absolute Gasteiger partial charge is 0.486 e. The summed E-state index contributed by atoms with van der Waals surface area (Å²) in [6, 6.07) is 8.55. The van der Waals surface area contributed by atoms with Gasteiger partial charge in [0.2, 0.25) is 0 Å². The topological polar surface area (TPSA) is 35.4 Å². The van der Waals surface area contributed by atoms with E-state index < -0.39 is 0 Å². The molecular formula is C16H20N2O2. The van der Waals surface area contributed by atoms with Gasteiger partial charge in [-0.05, 0) is 36.2 Å². The van der Waals surface area contributed by atoms with Crippen molar-refractivity contribution in [2.45, 2.75) is 19.5 Å². The number of nitrogens with one attached hydrogen (secondary N) is 1. The Morgan fingerprint density at radius 3 is 2.75 bits per heavy atom. The number of hydrogen-bond acceptors (Lipinski definition) is 3. The standard InChI is InChI=1S/C16H20N2O2/c1-12(17-10-13-5-6-18(2)11-13)14-3-4-15-16(9-14)20-8-7-19-15/h3-6,9,11-12,17H,7-8,10H2,1-2H3. The summed E-state index contributed by atoms with van der Waals surface area (Å²) >= 11 is 0. The van der Waals surface area contributed by atoms with Crippen molar-refractivity contribution in [1.82, 2.24) is 9.88 Å². The van der Waals surface area contributed by atoms with Crippen LogP contribution in [0.3, 0.4) is 0 Å². The van der Waals surface area contributed by atoms with Gasteiger partial charge in [-0.25, -0.2) is 0 Å². The van der Waals surface area contributed by atoms with Crippen LogP contribution in [-0.2, 0) is 13.6 Å². The zero-order valence-electron chi connectivity index (χ0n) is 11.9. The van der Waals surface area contributed by atoms with Crippen molar-refractivity contribution in [3.63, 3.8) is 0 Å². The van der Waals surface area contributed by atoms with Crippen molar-refractivity contribution >= 4 is 0 Å². The fourth-order valence-corrected chi connectivity index (χ4v) is 2.38. The molecule has 1 aliphatic rings. The Morgan fingerprint density at radius 2 is 2.00 bits per heavy atom. The zero-order valence-corrected chi connectivity index (χ0v) is 11.9. The third kappa shape index (κ3) is 2.80. The summed E-state index contributed by atoms with van der Waals surface area (Å²) in [7, 11) is 2.04. The van der Waals surface area contributed by atoms with Crippen LogP contribution in [0.4, 0.5) is 0 Å². The lowest BCUT2D eigenvalue weighted by molar-refractivity contribution is 0.171. The second-order valence-corrected chi connectivity index (χ2v) is 5.19. The van der Waals surface area contributed by atoms with Gasteiger partial charge in [-0.3, -0.25) is 0 Å². The highest BCUT2D eigenvalue weighted by atomic mass is 16.6. The lowest BCUT2D eigenvalue weighted by atomic mass is 10.1. The Morgan fingerprint density at radius 1 is 1.20 bits per heavy atom. The highest BCUT2D eigenvalue weighted by Crippen LogP contribution is 2.32. The molecule has 1 aliphatic heterocycles. The molecule has 4 heteroatoms. The minimum atomic E-state index is 0.269. The van der Waals surface area contributed by atoms with Gasteiger partial charge in [-0.1, -0.05) is 6.07 Å². The van der Waals surface area contributed by atoms with Gasteiger partial charge in [-0.2, -0.15) is 0 Å². The zero-order chi connectivity index (χ0) is 13.9. The molecule has 20 heavy (non-hydrogen) atoms. The summed E-state index contributed by atoms with van der Waals surface area (Å²) in [6.45, 7) is 4.28. The molecule has 1 unspecified atom stereocenters. The van der Waals surface area contributed by atoms with Crippen LogP contribution in [0.2, 0.25) is 0 Å². The fraction of sp³-hybridized carbons (Fsp3) is 0.375. The van der Waals surface area contributed by atoms with Crippen LogP contribution in [0, 0.1) is 0 Å². The Labute approximate surface area is 119 Å². The number of hydrogen-bond donors (Lipinski definition) is 1. The van der Waals surface area contributed by atoms with Crippen LogP contribution in [0.25, 0.3) is 0 Å². The summed E-state index contributed by atoms with van der Waals surface area (Å²) in [6.07, 6.45) is 4.19. The summed E-state index contributed by atoms with van der Waals surface area (Å²) in [5.74, 6) is 1.69. The molecule has 1 atom stereocenters. The van der Waals surface area contributed by atoms with E-state index in [4.69, 9.17) is 9.47 Å². The SMILES string of the molecule is CC(NCc1ccn(C)c1)c1ccc2c(c1)OCCO2.